The summed E-state index contributed by atoms with van der Waals surface area (Å²) in [6, 6.07) is 5.51. The molecule has 122 valence electrons. The summed E-state index contributed by atoms with van der Waals surface area (Å²) in [5.41, 5.74) is 1.74. The van der Waals surface area contributed by atoms with Gasteiger partial charge >= 0.3 is 6.01 Å². The smallest absolute Gasteiger partial charge is 0.316 e. The highest BCUT2D eigenvalue weighted by Crippen LogP contribution is 2.21. The molecule has 23 heavy (non-hydrogen) atoms. The van der Waals surface area contributed by atoms with E-state index in [4.69, 9.17) is 4.74 Å². The lowest BCUT2D eigenvalue weighted by molar-refractivity contribution is 0.0887. The first-order valence-corrected chi connectivity index (χ1v) is 8.51. The summed E-state index contributed by atoms with van der Waals surface area (Å²) < 4.78 is 20.6. The molecule has 0 atom stereocenters. The predicted octanol–water partition coefficient (Wildman–Crippen LogP) is 3.73. The zero-order valence-corrected chi connectivity index (χ0v) is 14.6. The molecule has 1 aliphatic rings. The van der Waals surface area contributed by atoms with Gasteiger partial charge in [-0.1, -0.05) is 15.9 Å². The fourth-order valence-corrected chi connectivity index (χ4v) is 3.09. The van der Waals surface area contributed by atoms with Crippen LogP contribution in [-0.2, 0) is 6.54 Å². The van der Waals surface area contributed by atoms with Crippen molar-refractivity contribution in [2.24, 2.45) is 0 Å². The first-order chi connectivity index (χ1) is 11.1. The molecule has 4 nitrogen and oxygen atoms in total. The van der Waals surface area contributed by atoms with Crippen LogP contribution in [0.3, 0.4) is 0 Å². The van der Waals surface area contributed by atoms with Gasteiger partial charge in [-0.15, -0.1) is 0 Å². The lowest BCUT2D eigenvalue weighted by Gasteiger charge is -2.31. The highest BCUT2D eigenvalue weighted by Gasteiger charge is 2.22. The van der Waals surface area contributed by atoms with Gasteiger partial charge in [0.2, 0.25) is 0 Å². The second-order valence-corrected chi connectivity index (χ2v) is 6.79. The summed E-state index contributed by atoms with van der Waals surface area (Å²) in [6.07, 6.45) is 5.43. The second kappa shape index (κ2) is 7.36. The molecule has 1 aromatic heterocycles. The highest BCUT2D eigenvalue weighted by molar-refractivity contribution is 9.10. The monoisotopic (exact) mass is 379 g/mol. The fourth-order valence-electron chi connectivity index (χ4n) is 2.68. The minimum atomic E-state index is -0.153. The number of nitrogens with zero attached hydrogens (tertiary/aromatic N) is 3. The van der Waals surface area contributed by atoms with Crippen LogP contribution < -0.4 is 4.74 Å². The zero-order valence-electron chi connectivity index (χ0n) is 13.0. The Labute approximate surface area is 143 Å². The largest absolute Gasteiger partial charge is 0.460 e. The second-order valence-electron chi connectivity index (χ2n) is 5.87. The summed E-state index contributed by atoms with van der Waals surface area (Å²) in [6.45, 7) is 4.33. The Morgan fingerprint density at radius 2 is 1.96 bits per heavy atom. The van der Waals surface area contributed by atoms with Gasteiger partial charge in [0.05, 0.1) is 0 Å². The van der Waals surface area contributed by atoms with Gasteiger partial charge in [0.1, 0.15) is 11.9 Å². The SMILES string of the molecule is Cc1cnc(OC2CCN(Cc3cc(Br)ccc3F)CC2)nc1. The molecule has 0 saturated carbocycles. The number of halogens is 2. The van der Waals surface area contributed by atoms with Crippen molar-refractivity contribution in [1.29, 1.82) is 0 Å². The number of piperidine rings is 1. The average Bonchev–Trinajstić information content (AvgIpc) is 2.55. The van der Waals surface area contributed by atoms with Gasteiger partial charge in [0.15, 0.2) is 0 Å². The van der Waals surface area contributed by atoms with E-state index in [2.05, 4.69) is 30.8 Å². The standard InChI is InChI=1S/C17H19BrFN3O/c1-12-9-20-17(21-10-12)23-15-4-6-22(7-5-15)11-13-8-14(18)2-3-16(13)19/h2-3,8-10,15H,4-7,11H2,1H3. The molecule has 0 N–H and O–H groups in total. The zero-order chi connectivity index (χ0) is 16.2. The van der Waals surface area contributed by atoms with Crippen molar-refractivity contribution in [1.82, 2.24) is 14.9 Å². The van der Waals surface area contributed by atoms with Gasteiger partial charge < -0.3 is 4.74 Å². The number of hydrogen-bond donors (Lipinski definition) is 0. The first-order valence-electron chi connectivity index (χ1n) is 7.72. The molecule has 0 unspecified atom stereocenters. The summed E-state index contributed by atoms with van der Waals surface area (Å²) in [7, 11) is 0. The van der Waals surface area contributed by atoms with E-state index in [1.807, 2.05) is 13.0 Å². The van der Waals surface area contributed by atoms with Crippen LogP contribution in [0.4, 0.5) is 4.39 Å². The highest BCUT2D eigenvalue weighted by atomic mass is 79.9. The average molecular weight is 380 g/mol. The van der Waals surface area contributed by atoms with Crippen molar-refractivity contribution in [2.75, 3.05) is 13.1 Å². The van der Waals surface area contributed by atoms with Crippen LogP contribution in [0.2, 0.25) is 0 Å². The predicted molar refractivity (Wildman–Crippen MR) is 89.8 cm³/mol. The topological polar surface area (TPSA) is 38.2 Å². The molecule has 2 heterocycles. The van der Waals surface area contributed by atoms with Crippen LogP contribution in [-0.4, -0.2) is 34.1 Å². The Morgan fingerprint density at radius 1 is 1.26 bits per heavy atom. The summed E-state index contributed by atoms with van der Waals surface area (Å²) in [4.78, 5) is 10.6. The third kappa shape index (κ3) is 4.48. The van der Waals surface area contributed by atoms with Crippen LogP contribution in [0, 0.1) is 12.7 Å². The third-order valence-corrected chi connectivity index (χ3v) is 4.46. The van der Waals surface area contributed by atoms with Crippen molar-refractivity contribution < 1.29 is 9.13 Å². The Hall–Kier alpha value is -1.53. The summed E-state index contributed by atoms with van der Waals surface area (Å²) >= 11 is 3.39. The molecule has 0 aliphatic carbocycles. The number of rotatable bonds is 4. The normalized spacial score (nSPS) is 16.5. The van der Waals surface area contributed by atoms with Gasteiger partial charge in [-0.2, -0.15) is 0 Å². The van der Waals surface area contributed by atoms with Gasteiger partial charge in [-0.3, -0.25) is 4.90 Å². The van der Waals surface area contributed by atoms with Crippen molar-refractivity contribution >= 4 is 15.9 Å². The van der Waals surface area contributed by atoms with Crippen LogP contribution in [0.15, 0.2) is 35.1 Å². The van der Waals surface area contributed by atoms with Gasteiger partial charge in [-0.25, -0.2) is 14.4 Å². The molecule has 1 saturated heterocycles. The van der Waals surface area contributed by atoms with Crippen molar-refractivity contribution in [3.05, 3.63) is 52.0 Å². The Morgan fingerprint density at radius 3 is 2.65 bits per heavy atom. The summed E-state index contributed by atoms with van der Waals surface area (Å²) in [5.74, 6) is -0.153. The maximum absolute atomic E-state index is 13.8. The van der Waals surface area contributed by atoms with Crippen molar-refractivity contribution in [2.45, 2.75) is 32.4 Å². The number of ether oxygens (including phenoxy) is 1. The van der Waals surface area contributed by atoms with E-state index < -0.39 is 0 Å². The van der Waals surface area contributed by atoms with Gasteiger partial charge in [-0.05, 0) is 43.5 Å². The molecular formula is C17H19BrFN3O. The molecule has 0 bridgehead atoms. The van der Waals surface area contributed by atoms with Crippen LogP contribution in [0.5, 0.6) is 6.01 Å². The fraction of sp³-hybridized carbons (Fsp3) is 0.412. The Balaban J connectivity index is 1.52. The number of hydrogen-bond acceptors (Lipinski definition) is 4. The van der Waals surface area contributed by atoms with E-state index in [1.165, 1.54) is 6.07 Å². The van der Waals surface area contributed by atoms with E-state index in [-0.39, 0.29) is 11.9 Å². The molecular weight excluding hydrogens is 361 g/mol. The molecule has 0 radical (unpaired) electrons. The van der Waals surface area contributed by atoms with Gasteiger partial charge in [0.25, 0.3) is 0 Å². The molecule has 0 amide bonds. The molecule has 6 heteroatoms. The van der Waals surface area contributed by atoms with Crippen LogP contribution in [0.1, 0.15) is 24.0 Å². The van der Waals surface area contributed by atoms with E-state index in [0.29, 0.717) is 12.6 Å². The third-order valence-electron chi connectivity index (χ3n) is 3.97. The Bertz CT molecular complexity index is 657. The Kier molecular flexibility index (Phi) is 5.23. The first kappa shape index (κ1) is 16.3. The number of aryl methyl sites for hydroxylation is 1. The van der Waals surface area contributed by atoms with Crippen LogP contribution in [0.25, 0.3) is 0 Å². The minimum absolute atomic E-state index is 0.126. The molecule has 3 rings (SSSR count). The van der Waals surface area contributed by atoms with Crippen molar-refractivity contribution in [3.63, 3.8) is 0 Å². The minimum Gasteiger partial charge on any atom is -0.460 e. The quantitative estimate of drug-likeness (QED) is 0.810. The lowest BCUT2D eigenvalue weighted by Crippen LogP contribution is -2.38. The number of aromatic nitrogens is 2. The maximum Gasteiger partial charge on any atom is 0.316 e. The van der Waals surface area contributed by atoms with Gasteiger partial charge in [0, 0.05) is 42.1 Å². The summed E-state index contributed by atoms with van der Waals surface area (Å²) in [5, 5.41) is 0. The molecule has 1 fully saturated rings. The van der Waals surface area contributed by atoms with E-state index in [1.54, 1.807) is 18.5 Å². The maximum atomic E-state index is 13.8. The molecule has 0 spiro atoms. The van der Waals surface area contributed by atoms with E-state index in [9.17, 15) is 4.39 Å². The lowest BCUT2D eigenvalue weighted by atomic mass is 10.1. The van der Waals surface area contributed by atoms with E-state index in [0.717, 1.165) is 41.5 Å². The van der Waals surface area contributed by atoms with Crippen LogP contribution >= 0.6 is 15.9 Å². The molecule has 1 aromatic carbocycles. The number of benzene rings is 1. The number of likely N-dealkylation sites (tertiary alicyclic amines) is 1. The molecule has 2 aromatic rings. The van der Waals surface area contributed by atoms with E-state index >= 15 is 0 Å². The van der Waals surface area contributed by atoms with Crippen molar-refractivity contribution in [3.8, 4) is 6.01 Å². The molecule has 1 aliphatic heterocycles.